The fourth-order valence-corrected chi connectivity index (χ4v) is 2.37. The lowest BCUT2D eigenvalue weighted by molar-refractivity contribution is -0.122. The van der Waals surface area contributed by atoms with Crippen LogP contribution in [0.4, 0.5) is 8.78 Å². The first-order chi connectivity index (χ1) is 9.00. The second kappa shape index (κ2) is 5.44. The molecule has 1 atom stereocenters. The van der Waals surface area contributed by atoms with Crippen molar-refractivity contribution in [2.45, 2.75) is 18.9 Å². The number of carbonyl (C=O) groups is 2. The van der Waals surface area contributed by atoms with Gasteiger partial charge in [0, 0.05) is 0 Å². The van der Waals surface area contributed by atoms with Crippen LogP contribution in [0.2, 0.25) is 0 Å². The number of likely N-dealkylation sites (tertiary alicyclic amines) is 1. The molecule has 4 nitrogen and oxygen atoms in total. The molecule has 102 valence electrons. The first kappa shape index (κ1) is 13.6. The molecule has 0 aliphatic carbocycles. The van der Waals surface area contributed by atoms with Gasteiger partial charge >= 0.3 is 0 Å². The number of primary amides is 1. The molecule has 0 aromatic heterocycles. The van der Waals surface area contributed by atoms with Crippen LogP contribution in [0.15, 0.2) is 18.2 Å². The van der Waals surface area contributed by atoms with Crippen LogP contribution in [0, 0.1) is 11.6 Å². The molecule has 1 aliphatic rings. The number of amides is 1. The molecule has 0 bridgehead atoms. The van der Waals surface area contributed by atoms with Gasteiger partial charge < -0.3 is 5.73 Å². The number of nitrogens with zero attached hydrogens (tertiary/aromatic N) is 1. The highest BCUT2D eigenvalue weighted by atomic mass is 19.1. The standard InChI is InChI=1S/C13H14F2N2O2/c14-8-3-1-4-9(15)12(8)11(18)7-17-6-2-5-10(17)13(16)19/h1,3-4,10H,2,5-7H2,(H2,16,19). The van der Waals surface area contributed by atoms with Crippen molar-refractivity contribution in [3.63, 3.8) is 0 Å². The molecule has 2 rings (SSSR count). The van der Waals surface area contributed by atoms with Crippen molar-refractivity contribution < 1.29 is 18.4 Å². The molecule has 1 aromatic carbocycles. The third-order valence-electron chi connectivity index (χ3n) is 3.28. The van der Waals surface area contributed by atoms with Gasteiger partial charge in [0.15, 0.2) is 5.78 Å². The minimum Gasteiger partial charge on any atom is -0.368 e. The van der Waals surface area contributed by atoms with Gasteiger partial charge in [-0.1, -0.05) is 6.07 Å². The fraction of sp³-hybridized carbons (Fsp3) is 0.385. The normalized spacial score (nSPS) is 19.6. The lowest BCUT2D eigenvalue weighted by Crippen LogP contribution is -2.42. The highest BCUT2D eigenvalue weighted by molar-refractivity contribution is 5.98. The zero-order chi connectivity index (χ0) is 14.0. The lowest BCUT2D eigenvalue weighted by Gasteiger charge is -2.20. The Balaban J connectivity index is 2.15. The molecule has 1 amide bonds. The van der Waals surface area contributed by atoms with Crippen molar-refractivity contribution >= 4 is 11.7 Å². The van der Waals surface area contributed by atoms with Crippen LogP contribution in [0.5, 0.6) is 0 Å². The van der Waals surface area contributed by atoms with Crippen LogP contribution in [0.3, 0.4) is 0 Å². The molecular formula is C13H14F2N2O2. The van der Waals surface area contributed by atoms with Crippen molar-refractivity contribution in [3.05, 3.63) is 35.4 Å². The summed E-state index contributed by atoms with van der Waals surface area (Å²) in [5, 5.41) is 0. The molecule has 1 unspecified atom stereocenters. The Morgan fingerprint density at radius 2 is 1.95 bits per heavy atom. The van der Waals surface area contributed by atoms with E-state index in [2.05, 4.69) is 0 Å². The topological polar surface area (TPSA) is 63.4 Å². The number of hydrogen-bond donors (Lipinski definition) is 1. The summed E-state index contributed by atoms with van der Waals surface area (Å²) in [6.07, 6.45) is 1.31. The predicted molar refractivity (Wildman–Crippen MR) is 64.5 cm³/mol. The van der Waals surface area contributed by atoms with Gasteiger partial charge in [-0.15, -0.1) is 0 Å². The van der Waals surface area contributed by atoms with Crippen molar-refractivity contribution in [2.24, 2.45) is 5.73 Å². The Kier molecular flexibility index (Phi) is 3.90. The summed E-state index contributed by atoms with van der Waals surface area (Å²) in [6, 6.07) is 2.74. The third kappa shape index (κ3) is 2.78. The van der Waals surface area contributed by atoms with Crippen LogP contribution in [-0.4, -0.2) is 35.7 Å². The Morgan fingerprint density at radius 1 is 1.32 bits per heavy atom. The Labute approximate surface area is 109 Å². The number of ketones is 1. The molecular weight excluding hydrogens is 254 g/mol. The van der Waals surface area contributed by atoms with E-state index in [1.54, 1.807) is 4.90 Å². The van der Waals surface area contributed by atoms with E-state index in [-0.39, 0.29) is 6.54 Å². The number of halogens is 2. The van der Waals surface area contributed by atoms with Gasteiger partial charge in [0.1, 0.15) is 11.6 Å². The quantitative estimate of drug-likeness (QED) is 0.832. The van der Waals surface area contributed by atoms with E-state index in [9.17, 15) is 18.4 Å². The van der Waals surface area contributed by atoms with E-state index >= 15 is 0 Å². The molecule has 0 radical (unpaired) electrons. The number of benzene rings is 1. The first-order valence-corrected chi connectivity index (χ1v) is 6.01. The molecule has 1 aliphatic heterocycles. The average Bonchev–Trinajstić information content (AvgIpc) is 2.76. The minimum absolute atomic E-state index is 0.203. The SMILES string of the molecule is NC(=O)C1CCCN1CC(=O)c1c(F)cccc1F. The monoisotopic (exact) mass is 268 g/mol. The fourth-order valence-electron chi connectivity index (χ4n) is 2.37. The van der Waals surface area contributed by atoms with E-state index in [1.165, 1.54) is 6.07 Å². The van der Waals surface area contributed by atoms with E-state index in [1.807, 2.05) is 0 Å². The molecule has 2 N–H and O–H groups in total. The van der Waals surface area contributed by atoms with Crippen molar-refractivity contribution in [2.75, 3.05) is 13.1 Å². The second-order valence-corrected chi connectivity index (χ2v) is 4.55. The molecule has 0 saturated carbocycles. The van der Waals surface area contributed by atoms with Gasteiger partial charge in [-0.25, -0.2) is 8.78 Å². The maximum Gasteiger partial charge on any atom is 0.234 e. The van der Waals surface area contributed by atoms with Gasteiger partial charge in [-0.2, -0.15) is 0 Å². The highest BCUT2D eigenvalue weighted by Crippen LogP contribution is 2.19. The van der Waals surface area contributed by atoms with Crippen LogP contribution in [0.25, 0.3) is 0 Å². The number of rotatable bonds is 4. The Bertz CT molecular complexity index is 499. The summed E-state index contributed by atoms with van der Waals surface area (Å²) in [4.78, 5) is 24.7. The molecule has 6 heteroatoms. The summed E-state index contributed by atoms with van der Waals surface area (Å²) in [5.41, 5.74) is 4.66. The van der Waals surface area contributed by atoms with E-state index < -0.39 is 34.9 Å². The van der Waals surface area contributed by atoms with Gasteiger partial charge in [-0.05, 0) is 31.5 Å². The smallest absolute Gasteiger partial charge is 0.234 e. The molecule has 1 fully saturated rings. The first-order valence-electron chi connectivity index (χ1n) is 6.01. The number of Topliss-reactive ketones (excluding diaryl/α,β-unsaturated/α-hetero) is 1. The molecule has 19 heavy (non-hydrogen) atoms. The van der Waals surface area contributed by atoms with Gasteiger partial charge in [-0.3, -0.25) is 14.5 Å². The van der Waals surface area contributed by atoms with Crippen LogP contribution in [-0.2, 0) is 4.79 Å². The zero-order valence-electron chi connectivity index (χ0n) is 10.2. The predicted octanol–water partition coefficient (Wildman–Crippen LogP) is 1.10. The van der Waals surface area contributed by atoms with Crippen LogP contribution < -0.4 is 5.73 Å². The van der Waals surface area contributed by atoms with Gasteiger partial charge in [0.05, 0.1) is 18.2 Å². The second-order valence-electron chi connectivity index (χ2n) is 4.55. The molecule has 1 saturated heterocycles. The maximum absolute atomic E-state index is 13.5. The van der Waals surface area contributed by atoms with Crippen molar-refractivity contribution in [3.8, 4) is 0 Å². The number of hydrogen-bond acceptors (Lipinski definition) is 3. The van der Waals surface area contributed by atoms with E-state index in [4.69, 9.17) is 5.73 Å². The number of nitrogens with two attached hydrogens (primary N) is 1. The molecule has 1 heterocycles. The average molecular weight is 268 g/mol. The zero-order valence-corrected chi connectivity index (χ0v) is 10.2. The summed E-state index contributed by atoms with van der Waals surface area (Å²) in [5.74, 6) is -2.97. The minimum atomic E-state index is -0.889. The maximum atomic E-state index is 13.5. The van der Waals surface area contributed by atoms with Gasteiger partial charge in [0.2, 0.25) is 5.91 Å². The Morgan fingerprint density at radius 3 is 2.53 bits per heavy atom. The van der Waals surface area contributed by atoms with Gasteiger partial charge in [0.25, 0.3) is 0 Å². The van der Waals surface area contributed by atoms with Crippen LogP contribution in [0.1, 0.15) is 23.2 Å². The summed E-state index contributed by atoms with van der Waals surface area (Å²) in [6.45, 7) is 0.320. The molecule has 0 spiro atoms. The molecule has 1 aromatic rings. The van der Waals surface area contributed by atoms with Crippen molar-refractivity contribution in [1.82, 2.24) is 4.90 Å². The Hall–Kier alpha value is -1.82. The van der Waals surface area contributed by atoms with Crippen molar-refractivity contribution in [1.29, 1.82) is 0 Å². The largest absolute Gasteiger partial charge is 0.368 e. The van der Waals surface area contributed by atoms with E-state index in [0.717, 1.165) is 18.6 Å². The summed E-state index contributed by atoms with van der Waals surface area (Å²) < 4.78 is 26.9. The van der Waals surface area contributed by atoms with E-state index in [0.29, 0.717) is 13.0 Å². The third-order valence-corrected chi connectivity index (χ3v) is 3.28. The lowest BCUT2D eigenvalue weighted by atomic mass is 10.1. The highest BCUT2D eigenvalue weighted by Gasteiger charge is 2.31. The van der Waals surface area contributed by atoms with Crippen LogP contribution >= 0.6 is 0 Å². The number of carbonyl (C=O) groups excluding carboxylic acids is 2. The summed E-state index contributed by atoms with van der Waals surface area (Å²) in [7, 11) is 0. The summed E-state index contributed by atoms with van der Waals surface area (Å²) >= 11 is 0.